The van der Waals surface area contributed by atoms with Crippen LogP contribution in [0.5, 0.6) is 0 Å². The van der Waals surface area contributed by atoms with Crippen LogP contribution in [0.25, 0.3) is 0 Å². The second-order valence-corrected chi connectivity index (χ2v) is 5.61. The molecule has 0 saturated heterocycles. The maximum Gasteiger partial charge on any atom is 0.341 e. The zero-order valence-corrected chi connectivity index (χ0v) is 13.8. The van der Waals surface area contributed by atoms with Crippen molar-refractivity contribution in [3.63, 3.8) is 0 Å². The van der Waals surface area contributed by atoms with Crippen LogP contribution in [0.15, 0.2) is 35.1 Å². The number of hydrogen-bond donors (Lipinski definition) is 1. The summed E-state index contributed by atoms with van der Waals surface area (Å²) in [4.78, 5) is 23.4. The highest BCUT2D eigenvalue weighted by Crippen LogP contribution is 2.18. The minimum atomic E-state index is -1.24. The van der Waals surface area contributed by atoms with Crippen LogP contribution in [0.3, 0.4) is 0 Å². The minimum absolute atomic E-state index is 0.0566. The van der Waals surface area contributed by atoms with Gasteiger partial charge in [0.15, 0.2) is 5.43 Å². The lowest BCUT2D eigenvalue weighted by Crippen LogP contribution is -2.25. The Morgan fingerprint density at radius 1 is 1.35 bits per heavy atom. The lowest BCUT2D eigenvalue weighted by atomic mass is 10.1. The van der Waals surface area contributed by atoms with E-state index < -0.39 is 11.4 Å². The van der Waals surface area contributed by atoms with Gasteiger partial charge in [-0.1, -0.05) is 29.8 Å². The number of benzene rings is 1. The van der Waals surface area contributed by atoms with E-state index in [2.05, 4.69) is 0 Å². The predicted molar refractivity (Wildman–Crippen MR) is 88.3 cm³/mol. The van der Waals surface area contributed by atoms with E-state index in [1.165, 1.54) is 13.2 Å². The average molecular weight is 336 g/mol. The molecule has 0 aliphatic rings. The molecule has 0 saturated carbocycles. The first-order chi connectivity index (χ1) is 11.0. The number of pyridine rings is 1. The van der Waals surface area contributed by atoms with Crippen molar-refractivity contribution in [2.75, 3.05) is 7.11 Å². The second kappa shape index (κ2) is 7.44. The Balaban J connectivity index is 2.44. The van der Waals surface area contributed by atoms with Gasteiger partial charge >= 0.3 is 5.97 Å². The number of aromatic nitrogens is 1. The Morgan fingerprint density at radius 2 is 2.04 bits per heavy atom. The number of aryl methyl sites for hydroxylation is 2. The van der Waals surface area contributed by atoms with Gasteiger partial charge in [-0.25, -0.2) is 4.79 Å². The molecule has 1 N–H and O–H groups in total. The Labute approximate surface area is 139 Å². The molecule has 1 aromatic carbocycles. The topological polar surface area (TPSA) is 68.5 Å². The maximum atomic E-state index is 12.0. The van der Waals surface area contributed by atoms with Gasteiger partial charge in [-0.3, -0.25) is 4.79 Å². The van der Waals surface area contributed by atoms with Gasteiger partial charge < -0.3 is 14.4 Å². The molecular weight excluding hydrogens is 318 g/mol. The minimum Gasteiger partial charge on any atom is -0.477 e. The fraction of sp³-hybridized carbons (Fsp3) is 0.294. The maximum absolute atomic E-state index is 12.0. The number of aromatic carboxylic acids is 1. The highest BCUT2D eigenvalue weighted by Gasteiger charge is 2.19. The van der Waals surface area contributed by atoms with Crippen molar-refractivity contribution in [2.24, 2.45) is 0 Å². The molecule has 0 amide bonds. The van der Waals surface area contributed by atoms with Gasteiger partial charge in [0.1, 0.15) is 5.56 Å². The molecule has 23 heavy (non-hydrogen) atoms. The molecule has 122 valence electrons. The third-order valence-corrected chi connectivity index (χ3v) is 4.05. The van der Waals surface area contributed by atoms with E-state index in [0.717, 1.165) is 5.56 Å². The quantitative estimate of drug-likeness (QED) is 0.881. The van der Waals surface area contributed by atoms with Gasteiger partial charge in [0, 0.05) is 30.4 Å². The summed E-state index contributed by atoms with van der Waals surface area (Å²) in [5.41, 5.74) is 1.29. The van der Waals surface area contributed by atoms with Crippen molar-refractivity contribution < 1.29 is 14.6 Å². The summed E-state index contributed by atoms with van der Waals surface area (Å²) in [6.07, 6.45) is 0.624. The van der Waals surface area contributed by atoms with Gasteiger partial charge in [0.05, 0.1) is 12.3 Å². The van der Waals surface area contributed by atoms with Crippen molar-refractivity contribution in [2.45, 2.75) is 26.5 Å². The monoisotopic (exact) mass is 335 g/mol. The average Bonchev–Trinajstić information content (AvgIpc) is 2.48. The molecule has 0 aliphatic heterocycles. The number of methoxy groups -OCH3 is 1. The van der Waals surface area contributed by atoms with E-state index in [9.17, 15) is 14.7 Å². The summed E-state index contributed by atoms with van der Waals surface area (Å²) < 4.78 is 6.90. The Morgan fingerprint density at radius 3 is 2.65 bits per heavy atom. The molecule has 0 fully saturated rings. The van der Waals surface area contributed by atoms with Crippen molar-refractivity contribution in [3.8, 4) is 0 Å². The van der Waals surface area contributed by atoms with Crippen molar-refractivity contribution in [3.05, 3.63) is 68.1 Å². The fourth-order valence-electron chi connectivity index (χ4n) is 2.59. The van der Waals surface area contributed by atoms with Crippen LogP contribution in [0.1, 0.15) is 27.3 Å². The number of carboxylic acid groups (broad SMARTS) is 1. The molecule has 0 spiro atoms. The Hall–Kier alpha value is -2.11. The molecule has 1 heterocycles. The van der Waals surface area contributed by atoms with E-state index in [1.807, 2.05) is 24.3 Å². The van der Waals surface area contributed by atoms with Crippen molar-refractivity contribution in [1.82, 2.24) is 4.57 Å². The fourth-order valence-corrected chi connectivity index (χ4v) is 2.82. The third kappa shape index (κ3) is 3.81. The molecular formula is C17H18ClNO4. The molecule has 0 radical (unpaired) electrons. The third-order valence-electron chi connectivity index (χ3n) is 3.68. The largest absolute Gasteiger partial charge is 0.477 e. The highest BCUT2D eigenvalue weighted by atomic mass is 35.5. The lowest BCUT2D eigenvalue weighted by molar-refractivity contribution is 0.0687. The lowest BCUT2D eigenvalue weighted by Gasteiger charge is -2.18. The zero-order chi connectivity index (χ0) is 17.0. The summed E-state index contributed by atoms with van der Waals surface area (Å²) in [5.74, 6) is -1.24. The van der Waals surface area contributed by atoms with Crippen LogP contribution < -0.4 is 5.43 Å². The first-order valence-corrected chi connectivity index (χ1v) is 7.52. The molecule has 5 nitrogen and oxygen atoms in total. The first-order valence-electron chi connectivity index (χ1n) is 7.14. The normalized spacial score (nSPS) is 10.7. The molecule has 2 aromatic rings. The smallest absolute Gasteiger partial charge is 0.341 e. The predicted octanol–water partition coefficient (Wildman–Crippen LogP) is 2.90. The Kier molecular flexibility index (Phi) is 5.58. The molecule has 0 aliphatic carbocycles. The first kappa shape index (κ1) is 17.2. The summed E-state index contributed by atoms with van der Waals surface area (Å²) in [6, 6.07) is 8.84. The van der Waals surface area contributed by atoms with Gasteiger partial charge in [-0.2, -0.15) is 0 Å². The second-order valence-electron chi connectivity index (χ2n) is 5.20. The number of hydrogen-bond acceptors (Lipinski definition) is 3. The van der Waals surface area contributed by atoms with Crippen LogP contribution in [0.2, 0.25) is 5.02 Å². The highest BCUT2D eigenvalue weighted by molar-refractivity contribution is 6.31. The van der Waals surface area contributed by atoms with Gasteiger partial charge in [0.25, 0.3) is 0 Å². The molecule has 2 rings (SSSR count). The molecule has 0 unspecified atom stereocenters. The van der Waals surface area contributed by atoms with E-state index in [4.69, 9.17) is 16.3 Å². The number of halogens is 1. The summed E-state index contributed by atoms with van der Waals surface area (Å²) in [6.45, 7) is 2.34. The molecule has 0 bridgehead atoms. The van der Waals surface area contributed by atoms with E-state index in [0.29, 0.717) is 29.4 Å². The SMILES string of the molecule is COCc1c(C(=O)O)c(=O)cc(C)n1CCc1ccccc1Cl. The van der Waals surface area contributed by atoms with Gasteiger partial charge in [-0.15, -0.1) is 0 Å². The summed E-state index contributed by atoms with van der Waals surface area (Å²) >= 11 is 6.16. The Bertz CT molecular complexity index is 783. The number of nitrogens with zero attached hydrogens (tertiary/aromatic N) is 1. The van der Waals surface area contributed by atoms with Crippen LogP contribution in [0, 0.1) is 6.92 Å². The van der Waals surface area contributed by atoms with Crippen LogP contribution in [-0.4, -0.2) is 22.8 Å². The van der Waals surface area contributed by atoms with E-state index >= 15 is 0 Å². The summed E-state index contributed by atoms with van der Waals surface area (Å²) in [7, 11) is 1.47. The number of carboxylic acids is 1. The van der Waals surface area contributed by atoms with Gasteiger partial charge in [-0.05, 0) is 25.0 Å². The van der Waals surface area contributed by atoms with Crippen LogP contribution >= 0.6 is 11.6 Å². The van der Waals surface area contributed by atoms with Crippen LogP contribution in [0.4, 0.5) is 0 Å². The number of ether oxygens (including phenoxy) is 1. The van der Waals surface area contributed by atoms with E-state index in [-0.39, 0.29) is 12.2 Å². The summed E-state index contributed by atoms with van der Waals surface area (Å²) in [5, 5.41) is 9.99. The van der Waals surface area contributed by atoms with Crippen molar-refractivity contribution in [1.29, 1.82) is 0 Å². The standard InChI is InChI=1S/C17H18ClNO4/c1-11-9-15(20)16(17(21)22)14(10-23-2)19(11)8-7-12-5-3-4-6-13(12)18/h3-6,9H,7-8,10H2,1-2H3,(H,21,22). The van der Waals surface area contributed by atoms with E-state index in [1.54, 1.807) is 11.5 Å². The number of carbonyl (C=O) groups is 1. The van der Waals surface area contributed by atoms with Crippen LogP contribution in [-0.2, 0) is 24.3 Å². The zero-order valence-electron chi connectivity index (χ0n) is 13.0. The van der Waals surface area contributed by atoms with Crippen molar-refractivity contribution >= 4 is 17.6 Å². The van der Waals surface area contributed by atoms with Gasteiger partial charge in [0.2, 0.25) is 0 Å². The molecule has 1 aromatic heterocycles. The molecule has 6 heteroatoms. The number of rotatable bonds is 6. The molecule has 0 atom stereocenters.